The Morgan fingerprint density at radius 3 is 0.890 bits per heavy atom. The number of nitrogens with zero attached hydrogens (tertiary/aromatic N) is 17. The molecule has 0 bridgehead atoms. The summed E-state index contributed by atoms with van der Waals surface area (Å²) in [5.41, 5.74) is 34.2. The van der Waals surface area contributed by atoms with Gasteiger partial charge in [-0.3, -0.25) is 35.7 Å². The molecule has 0 saturated carbocycles. The molecule has 12 heterocycles. The molecule has 4 saturated heterocycles. The van der Waals surface area contributed by atoms with Crippen molar-refractivity contribution in [3.8, 4) is 91.0 Å². The minimum absolute atomic E-state index is 0.0364. The van der Waals surface area contributed by atoms with Gasteiger partial charge in [-0.15, -0.1) is 0 Å². The molecule has 0 aliphatic carbocycles. The van der Waals surface area contributed by atoms with Gasteiger partial charge in [-0.05, 0) is 224 Å². The molecule has 8 aromatic carbocycles. The summed E-state index contributed by atoms with van der Waals surface area (Å²) < 4.78 is 62.4. The van der Waals surface area contributed by atoms with Crippen LogP contribution in [0.5, 0.6) is 46.0 Å². The monoisotopic (exact) mass is 1970 g/mol. The summed E-state index contributed by atoms with van der Waals surface area (Å²) in [7, 11) is 1.99. The van der Waals surface area contributed by atoms with Crippen LogP contribution in [0.15, 0.2) is 292 Å². The topological polar surface area (TPSA) is 509 Å². The summed E-state index contributed by atoms with van der Waals surface area (Å²) in [4.78, 5) is 73.0. The quantitative estimate of drug-likeness (QED) is 0.0194. The number of ether oxygens (including phenoxy) is 5. The first-order valence-electron chi connectivity index (χ1n) is 47.5. The number of benzene rings is 8. The van der Waals surface area contributed by atoms with E-state index in [1.54, 1.807) is 25.3 Å². The summed E-state index contributed by atoms with van der Waals surface area (Å²) in [6, 6.07) is 69.5. The van der Waals surface area contributed by atoms with Gasteiger partial charge in [0.15, 0.2) is 22.6 Å². The van der Waals surface area contributed by atoms with Gasteiger partial charge in [-0.1, -0.05) is 97.6 Å². The highest BCUT2D eigenvalue weighted by molar-refractivity contribution is 7.92. The molecule has 4 fully saturated rings. The molecule has 0 radical (unpaired) electrons. The summed E-state index contributed by atoms with van der Waals surface area (Å²) >= 11 is 0. The normalized spacial score (nSPS) is 18.0. The van der Waals surface area contributed by atoms with E-state index in [2.05, 4.69) is 88.4 Å². The molecular formula is C105H113N29O10S. The number of nitrogens with two attached hydrogens (primary N) is 4. The van der Waals surface area contributed by atoms with Crippen molar-refractivity contribution in [1.82, 2.24) is 126 Å². The van der Waals surface area contributed by atoms with Crippen LogP contribution in [0.4, 0.5) is 23.3 Å². The van der Waals surface area contributed by atoms with Crippen molar-refractivity contribution in [2.45, 2.75) is 107 Å². The summed E-state index contributed by atoms with van der Waals surface area (Å²) in [5.74, 6) is 7.12. The van der Waals surface area contributed by atoms with Gasteiger partial charge < -0.3 is 67.5 Å². The first kappa shape index (κ1) is 99.9. The number of amides is 3. The van der Waals surface area contributed by atoms with Gasteiger partial charge in [0.2, 0.25) is 27.7 Å². The number of likely N-dealkylation sites (N-methyl/N-ethyl adjacent to an activating group) is 1. The third-order valence-electron chi connectivity index (χ3n) is 24.5. The Bertz CT molecular complexity index is 7320. The molecule has 20 rings (SSSR count). The predicted octanol–water partition coefficient (Wildman–Crippen LogP) is 13.8. The summed E-state index contributed by atoms with van der Waals surface area (Å²) in [5, 5.41) is 45.9. The minimum atomic E-state index is -3.52. The zero-order valence-electron chi connectivity index (χ0n) is 80.3. The van der Waals surface area contributed by atoms with Crippen LogP contribution in [0.3, 0.4) is 0 Å². The molecule has 0 unspecified atom stereocenters. The highest BCUT2D eigenvalue weighted by Gasteiger charge is 2.34. The molecule has 145 heavy (non-hydrogen) atoms. The van der Waals surface area contributed by atoms with E-state index in [-0.39, 0.29) is 66.6 Å². The number of sulfonamides is 1. The number of allylic oxidation sites excluding steroid dienone is 1. The summed E-state index contributed by atoms with van der Waals surface area (Å²) in [6.45, 7) is 8.68. The van der Waals surface area contributed by atoms with Crippen molar-refractivity contribution in [3.63, 3.8) is 0 Å². The van der Waals surface area contributed by atoms with Gasteiger partial charge in [0.05, 0.1) is 77.0 Å². The lowest BCUT2D eigenvalue weighted by Gasteiger charge is -2.30. The van der Waals surface area contributed by atoms with Gasteiger partial charge >= 0.3 is 0 Å². The number of anilines is 4. The Kier molecular flexibility index (Phi) is 32.6. The zero-order chi connectivity index (χ0) is 101. The number of aromatic nitrogens is 16. The smallest absolute Gasteiger partial charge is 0.244 e. The molecule has 744 valence electrons. The lowest BCUT2D eigenvalue weighted by molar-refractivity contribution is -0.118. The van der Waals surface area contributed by atoms with Gasteiger partial charge in [0.25, 0.3) is 0 Å². The second-order valence-corrected chi connectivity index (χ2v) is 36.6. The molecule has 4 aliphatic rings. The van der Waals surface area contributed by atoms with Crippen LogP contribution >= 0.6 is 0 Å². The van der Waals surface area contributed by atoms with Crippen molar-refractivity contribution in [2.24, 2.45) is 0 Å². The number of fused-ring (bicyclic) bond motifs is 4. The van der Waals surface area contributed by atoms with Crippen LogP contribution in [-0.4, -0.2) is 195 Å². The van der Waals surface area contributed by atoms with E-state index in [9.17, 15) is 22.8 Å². The van der Waals surface area contributed by atoms with Crippen molar-refractivity contribution in [1.29, 1.82) is 0 Å². The van der Waals surface area contributed by atoms with Crippen LogP contribution in [0.2, 0.25) is 0 Å². The minimum Gasteiger partial charge on any atom is -0.457 e. The molecule has 16 N–H and O–H groups in total. The molecule has 4 aliphatic heterocycles. The SMILES string of the molecule is C/C=C/C(=O)N[C@H]1CC[C@@H](n2nc(-c3ccc(Oc4ccccc4)cc3)c3c(N)ncnc32)CN1.C=CS(=O)(=O)N[C@H]1CC[C@@H](n2nc(-c3ccc(Oc4ccccc4)cc3)c3c(N)ncnc32)CN1.CN(C)C/C=C/C(=O)N[C@H]1CC[C@@H](n2nc(-c3ccc(Oc4ccccc4)cc3)c3c(N)ncnc32)CN1.COC/C=C/C(=O)N[C@H]1CC[C@@H](n2nc(-c3ccc(Oc4ccccc4)cc3)c3c(N)ncnc32)CN1. The van der Waals surface area contributed by atoms with Gasteiger partial charge in [0, 0.05) is 79.6 Å². The second-order valence-electron chi connectivity index (χ2n) is 34.9. The number of hydrogen-bond donors (Lipinski definition) is 12. The first-order chi connectivity index (χ1) is 70.6. The van der Waals surface area contributed by atoms with Crippen LogP contribution in [-0.2, 0) is 29.1 Å². The number of nitrogen functional groups attached to an aromatic ring is 4. The average molecular weight is 1970 g/mol. The number of rotatable bonds is 29. The Morgan fingerprint density at radius 2 is 0.641 bits per heavy atom. The van der Waals surface area contributed by atoms with E-state index >= 15 is 0 Å². The number of carbonyl (C=O) groups excluding carboxylic acids is 3. The van der Waals surface area contributed by atoms with E-state index in [0.29, 0.717) is 108 Å². The predicted molar refractivity (Wildman–Crippen MR) is 557 cm³/mol. The molecule has 40 heteroatoms. The first-order valence-corrected chi connectivity index (χ1v) is 49.1. The Morgan fingerprint density at radius 1 is 0.379 bits per heavy atom. The van der Waals surface area contributed by atoms with Crippen LogP contribution in [0.25, 0.3) is 89.2 Å². The van der Waals surface area contributed by atoms with E-state index in [1.165, 1.54) is 37.5 Å². The number of methoxy groups -OCH3 is 1. The van der Waals surface area contributed by atoms with Crippen molar-refractivity contribution in [2.75, 3.05) is 83.5 Å². The van der Waals surface area contributed by atoms with Crippen molar-refractivity contribution in [3.05, 3.63) is 292 Å². The highest BCUT2D eigenvalue weighted by Crippen LogP contribution is 2.41. The lowest BCUT2D eigenvalue weighted by atomic mass is 10.1. The van der Waals surface area contributed by atoms with Gasteiger partial charge in [0.1, 0.15) is 117 Å². The second kappa shape index (κ2) is 47.3. The molecule has 8 aromatic heterocycles. The largest absolute Gasteiger partial charge is 0.457 e. The fourth-order valence-electron chi connectivity index (χ4n) is 17.4. The number of para-hydroxylation sites is 4. The number of nitrogens with one attached hydrogen (secondary N) is 8. The number of hydrogen-bond acceptors (Lipinski definition) is 31. The van der Waals surface area contributed by atoms with Crippen LogP contribution < -0.4 is 83.8 Å². The van der Waals surface area contributed by atoms with Gasteiger partial charge in [-0.25, -0.2) is 67.0 Å². The van der Waals surface area contributed by atoms with Crippen molar-refractivity contribution < 1.29 is 46.5 Å². The van der Waals surface area contributed by atoms with Crippen molar-refractivity contribution >= 4 is 95.1 Å². The third-order valence-corrected chi connectivity index (χ3v) is 25.6. The molecular weight excluding hydrogens is 1860 g/mol. The van der Waals surface area contributed by atoms with E-state index < -0.39 is 10.0 Å². The number of piperidine rings is 4. The summed E-state index contributed by atoms with van der Waals surface area (Å²) in [6.07, 6.45) is 21.0. The molecule has 0 spiro atoms. The standard InChI is InChI=1S/C28H32N8O2.C27H29N7O3.C26H27N7O2.C24H25N7O3S/c1-35(2)16-6-9-24(37)33-23-15-12-20(17-30-23)36-28-25(27(29)31-18-32-28)26(34-36)19-10-13-22(14-11-19)38-21-7-4-3-5-8-21;1-36-15-5-8-23(35)32-22-14-11-19(16-29-22)34-27-24(26(28)30-17-31-27)25(33-34)18-9-12-21(13-10-18)37-20-6-3-2-4-7-20;1-2-6-22(34)31-21-14-11-18(15-28-21)33-26-23(25(27)29-16-30-26)24(32-33)17-9-12-20(13-10-17)35-19-7-4-3-5-8-19;1-2-35(32,33)30-20-13-10-17(14-26-20)31-24-21(23(25)27-15-28-24)22(29-31)16-8-11-19(12-9-16)34-18-6-4-3-5-7-18/h3-11,13-14,18,20,23,30H,12,15-17H2,1-2H3,(H,33,37)(H2,29,31,32);2-10,12-13,17,19,22,29H,11,14-16H2,1H3,(H,32,35)(H2,28,30,31);2-10,12-13,16,18,21,28H,11,14-15H2,1H3,(H,31,34)(H2,27,29,30);2-9,11-12,15,17,20,26,30H,1,10,13-14H2,(H2,25,27,28)/b9-6+;8-5+;6-2+;/t20-,23+;19-,22+;18-,21+;17-,20+/m1111/s1. The fraction of sp³-hybridized carbons (Fsp3) is 0.248. The number of carbonyl (C=O) groups is 3. The molecule has 39 nitrogen and oxygen atoms in total. The Balaban J connectivity index is 0.000000132. The Hall–Kier alpha value is -16.6. The maximum absolute atomic E-state index is 12.2. The van der Waals surface area contributed by atoms with Gasteiger partial charge in [-0.2, -0.15) is 25.1 Å². The molecule has 8 atom stereocenters. The third kappa shape index (κ3) is 25.3. The van der Waals surface area contributed by atoms with E-state index in [4.69, 9.17) is 67.0 Å². The average Bonchev–Trinajstić information content (AvgIpc) is 1.63. The highest BCUT2D eigenvalue weighted by atomic mass is 32.2. The molecule has 16 aromatic rings. The maximum atomic E-state index is 12.2. The fourth-order valence-corrected chi connectivity index (χ4v) is 18.1. The van der Waals surface area contributed by atoms with E-state index in [1.807, 2.05) is 269 Å². The maximum Gasteiger partial charge on any atom is 0.244 e. The van der Waals surface area contributed by atoms with Crippen LogP contribution in [0.1, 0.15) is 82.5 Å². The van der Waals surface area contributed by atoms with Crippen LogP contribution in [0, 0.1) is 0 Å². The zero-order valence-corrected chi connectivity index (χ0v) is 81.1. The Labute approximate surface area is 836 Å². The lowest BCUT2D eigenvalue weighted by Crippen LogP contribution is -2.50. The molecule has 3 amide bonds. The van der Waals surface area contributed by atoms with E-state index in [0.717, 1.165) is 146 Å².